The number of nitriles is 1. The van der Waals surface area contributed by atoms with Gasteiger partial charge in [-0.25, -0.2) is 4.98 Å². The second kappa shape index (κ2) is 7.12. The van der Waals surface area contributed by atoms with Gasteiger partial charge in [0.15, 0.2) is 5.82 Å². The van der Waals surface area contributed by atoms with E-state index in [0.717, 1.165) is 17.0 Å². The summed E-state index contributed by atoms with van der Waals surface area (Å²) in [5, 5.41) is 17.1. The highest BCUT2D eigenvalue weighted by molar-refractivity contribution is 7.98. The first-order valence-corrected chi connectivity index (χ1v) is 9.10. The van der Waals surface area contributed by atoms with Gasteiger partial charge >= 0.3 is 0 Å². The molecule has 25 heavy (non-hydrogen) atoms. The van der Waals surface area contributed by atoms with E-state index < -0.39 is 0 Å². The highest BCUT2D eigenvalue weighted by Crippen LogP contribution is 2.26. The van der Waals surface area contributed by atoms with Crippen LogP contribution in [0.1, 0.15) is 37.5 Å². The van der Waals surface area contributed by atoms with Crippen LogP contribution in [0.15, 0.2) is 53.7 Å². The van der Waals surface area contributed by atoms with Gasteiger partial charge in [-0.15, -0.1) is 5.10 Å². The monoisotopic (exact) mass is 348 g/mol. The van der Waals surface area contributed by atoms with Crippen molar-refractivity contribution in [2.45, 2.75) is 37.1 Å². The first-order chi connectivity index (χ1) is 12.0. The van der Waals surface area contributed by atoms with Gasteiger partial charge in [0.25, 0.3) is 0 Å². The maximum atomic E-state index is 9.15. The van der Waals surface area contributed by atoms with Gasteiger partial charge in [-0.1, -0.05) is 75.0 Å². The lowest BCUT2D eigenvalue weighted by Crippen LogP contribution is -2.10. The van der Waals surface area contributed by atoms with Crippen LogP contribution in [0.3, 0.4) is 0 Å². The highest BCUT2D eigenvalue weighted by Gasteiger charge is 2.14. The molecule has 1 aromatic heterocycles. The molecule has 1 heterocycles. The number of aromatic amines is 1. The smallest absolute Gasteiger partial charge is 0.209 e. The highest BCUT2D eigenvalue weighted by atomic mass is 32.2. The number of thioether (sulfide) groups is 1. The van der Waals surface area contributed by atoms with E-state index in [0.29, 0.717) is 16.5 Å². The molecule has 1 N–H and O–H groups in total. The van der Waals surface area contributed by atoms with Crippen molar-refractivity contribution in [2.24, 2.45) is 0 Å². The molecule has 0 aliphatic rings. The Balaban J connectivity index is 1.71. The van der Waals surface area contributed by atoms with Crippen LogP contribution in [0.2, 0.25) is 0 Å². The summed E-state index contributed by atoms with van der Waals surface area (Å²) in [4.78, 5) is 4.56. The second-order valence-electron chi connectivity index (χ2n) is 6.85. The van der Waals surface area contributed by atoms with E-state index in [2.05, 4.69) is 66.3 Å². The first kappa shape index (κ1) is 17.2. The fraction of sp³-hybridized carbons (Fsp3) is 0.250. The molecule has 2 aromatic carbocycles. The summed E-state index contributed by atoms with van der Waals surface area (Å²) in [6.07, 6.45) is 0. The van der Waals surface area contributed by atoms with E-state index in [1.807, 2.05) is 24.3 Å². The minimum absolute atomic E-state index is 0.134. The fourth-order valence-electron chi connectivity index (χ4n) is 2.47. The third-order valence-electron chi connectivity index (χ3n) is 3.98. The van der Waals surface area contributed by atoms with E-state index in [4.69, 9.17) is 5.26 Å². The summed E-state index contributed by atoms with van der Waals surface area (Å²) >= 11 is 1.52. The quantitative estimate of drug-likeness (QED) is 0.679. The van der Waals surface area contributed by atoms with Gasteiger partial charge in [0, 0.05) is 11.3 Å². The summed E-state index contributed by atoms with van der Waals surface area (Å²) in [6, 6.07) is 18.2. The lowest BCUT2D eigenvalue weighted by atomic mass is 9.87. The van der Waals surface area contributed by atoms with Gasteiger partial charge in [-0.2, -0.15) is 5.26 Å². The van der Waals surface area contributed by atoms with Crippen LogP contribution in [0.5, 0.6) is 0 Å². The van der Waals surface area contributed by atoms with Crippen molar-refractivity contribution in [1.82, 2.24) is 15.2 Å². The summed E-state index contributed by atoms with van der Waals surface area (Å²) in [7, 11) is 0. The van der Waals surface area contributed by atoms with Gasteiger partial charge in [0.05, 0.1) is 11.6 Å². The molecule has 0 radical (unpaired) electrons. The second-order valence-corrected chi connectivity index (χ2v) is 7.79. The van der Waals surface area contributed by atoms with Crippen LogP contribution < -0.4 is 0 Å². The van der Waals surface area contributed by atoms with Gasteiger partial charge in [0.2, 0.25) is 5.16 Å². The van der Waals surface area contributed by atoms with Gasteiger partial charge in [0.1, 0.15) is 0 Å². The zero-order valence-electron chi connectivity index (χ0n) is 14.6. The lowest BCUT2D eigenvalue weighted by molar-refractivity contribution is 0.590. The van der Waals surface area contributed by atoms with Crippen LogP contribution in [-0.2, 0) is 11.2 Å². The lowest BCUT2D eigenvalue weighted by Gasteiger charge is -2.18. The predicted octanol–water partition coefficient (Wildman–Crippen LogP) is 4.93. The van der Waals surface area contributed by atoms with Crippen molar-refractivity contribution >= 4 is 11.8 Å². The van der Waals surface area contributed by atoms with Gasteiger partial charge in [-0.05, 0) is 22.6 Å². The van der Waals surface area contributed by atoms with Crippen LogP contribution in [0.25, 0.3) is 11.4 Å². The molecule has 0 saturated carbocycles. The number of nitrogens with one attached hydrogen (secondary N) is 1. The Morgan fingerprint density at radius 1 is 1.08 bits per heavy atom. The van der Waals surface area contributed by atoms with Crippen LogP contribution in [0, 0.1) is 11.3 Å². The Kier molecular flexibility index (Phi) is 4.91. The van der Waals surface area contributed by atoms with Crippen LogP contribution in [-0.4, -0.2) is 15.2 Å². The third-order valence-corrected chi connectivity index (χ3v) is 4.88. The number of hydrogen-bond donors (Lipinski definition) is 1. The molecule has 3 aromatic rings. The number of hydrogen-bond acceptors (Lipinski definition) is 4. The maximum absolute atomic E-state index is 9.15. The largest absolute Gasteiger partial charge is 0.258 e. The molecule has 0 spiro atoms. The predicted molar refractivity (Wildman–Crippen MR) is 101 cm³/mol. The standard InChI is InChI=1S/C20H20N4S/c1-20(2,3)17-10-8-14(9-11-17)18-22-19(24-23-18)25-13-16-7-5-4-6-15(16)12-21/h4-11H,13H2,1-3H3,(H,22,23,24). The Hall–Kier alpha value is -2.58. The van der Waals surface area contributed by atoms with E-state index in [1.165, 1.54) is 17.3 Å². The number of nitrogens with zero attached hydrogens (tertiary/aromatic N) is 3. The third kappa shape index (κ3) is 4.09. The minimum atomic E-state index is 0.134. The number of aromatic nitrogens is 3. The molecule has 0 aliphatic carbocycles. The average molecular weight is 348 g/mol. The van der Waals surface area contributed by atoms with Gasteiger partial charge in [-0.3, -0.25) is 5.10 Å². The van der Waals surface area contributed by atoms with Crippen molar-refractivity contribution < 1.29 is 0 Å². The summed E-state index contributed by atoms with van der Waals surface area (Å²) < 4.78 is 0. The van der Waals surface area contributed by atoms with Crippen molar-refractivity contribution in [2.75, 3.05) is 0 Å². The molecule has 0 unspecified atom stereocenters. The molecule has 0 aliphatic heterocycles. The molecule has 4 nitrogen and oxygen atoms in total. The van der Waals surface area contributed by atoms with Gasteiger partial charge < -0.3 is 0 Å². The van der Waals surface area contributed by atoms with E-state index in [-0.39, 0.29) is 5.41 Å². The fourth-order valence-corrected chi connectivity index (χ4v) is 3.27. The zero-order valence-corrected chi connectivity index (χ0v) is 15.4. The molecule has 126 valence electrons. The Bertz CT molecular complexity index is 898. The van der Waals surface area contributed by atoms with Crippen molar-refractivity contribution in [3.8, 4) is 17.5 Å². The molecule has 0 saturated heterocycles. The summed E-state index contributed by atoms with van der Waals surface area (Å²) in [5.41, 5.74) is 4.14. The number of H-pyrrole nitrogens is 1. The molecular formula is C20H20N4S. The molecule has 0 amide bonds. The molecular weight excluding hydrogens is 328 g/mol. The van der Waals surface area contributed by atoms with Crippen molar-refractivity contribution in [1.29, 1.82) is 5.26 Å². The number of benzene rings is 2. The SMILES string of the molecule is CC(C)(C)c1ccc(-c2nc(SCc3ccccc3C#N)n[nH]2)cc1. The number of rotatable bonds is 4. The summed E-state index contributed by atoms with van der Waals surface area (Å²) in [6.45, 7) is 6.60. The topological polar surface area (TPSA) is 65.4 Å². The molecule has 0 bridgehead atoms. The molecule has 3 rings (SSSR count). The van der Waals surface area contributed by atoms with Crippen molar-refractivity contribution in [3.63, 3.8) is 0 Å². The zero-order chi connectivity index (χ0) is 17.9. The van der Waals surface area contributed by atoms with E-state index in [9.17, 15) is 0 Å². The molecule has 0 atom stereocenters. The molecule has 0 fully saturated rings. The Morgan fingerprint density at radius 2 is 1.80 bits per heavy atom. The van der Waals surface area contributed by atoms with Crippen LogP contribution >= 0.6 is 11.8 Å². The van der Waals surface area contributed by atoms with E-state index >= 15 is 0 Å². The normalized spacial score (nSPS) is 11.3. The van der Waals surface area contributed by atoms with Crippen LogP contribution in [0.4, 0.5) is 0 Å². The first-order valence-electron chi connectivity index (χ1n) is 8.11. The maximum Gasteiger partial charge on any atom is 0.209 e. The average Bonchev–Trinajstić information content (AvgIpc) is 3.08. The Labute approximate surface area is 152 Å². The minimum Gasteiger partial charge on any atom is -0.258 e. The summed E-state index contributed by atoms with van der Waals surface area (Å²) in [5.74, 6) is 1.43. The molecule has 5 heteroatoms. The van der Waals surface area contributed by atoms with Crippen molar-refractivity contribution in [3.05, 3.63) is 65.2 Å². The van der Waals surface area contributed by atoms with E-state index in [1.54, 1.807) is 0 Å². The Morgan fingerprint density at radius 3 is 2.48 bits per heavy atom.